The predicted octanol–water partition coefficient (Wildman–Crippen LogP) is 3.86. The molecule has 1 amide bonds. The summed E-state index contributed by atoms with van der Waals surface area (Å²) in [5.74, 6) is 1.13. The maximum Gasteiger partial charge on any atom is 0.265 e. The number of amides is 1. The van der Waals surface area contributed by atoms with Gasteiger partial charge in [-0.3, -0.25) is 4.79 Å². The first kappa shape index (κ1) is 15.9. The van der Waals surface area contributed by atoms with E-state index in [9.17, 15) is 4.79 Å². The van der Waals surface area contributed by atoms with Gasteiger partial charge >= 0.3 is 0 Å². The Morgan fingerprint density at radius 3 is 2.61 bits per heavy atom. The molecular formula is C18H18BrNO3. The summed E-state index contributed by atoms with van der Waals surface area (Å²) < 4.78 is 12.4. The number of carbonyl (C=O) groups is 1. The normalized spacial score (nSPS) is 17.4. The number of carbonyl (C=O) groups excluding carboxylic acids is 1. The van der Waals surface area contributed by atoms with Crippen LogP contribution in [0.2, 0.25) is 0 Å². The van der Waals surface area contributed by atoms with E-state index in [-0.39, 0.29) is 18.6 Å². The van der Waals surface area contributed by atoms with Crippen LogP contribution in [0, 0.1) is 0 Å². The zero-order valence-electron chi connectivity index (χ0n) is 12.8. The summed E-state index contributed by atoms with van der Waals surface area (Å²) in [4.78, 5) is 12.5. The SMILES string of the molecule is CC[C@H](NC(=O)[C@H]1COc2ccccc2O1)c1ccc(Br)cc1. The number of nitrogens with one attached hydrogen (secondary N) is 1. The lowest BCUT2D eigenvalue weighted by molar-refractivity contribution is -0.131. The number of ether oxygens (including phenoxy) is 2. The third-order valence-corrected chi connectivity index (χ3v) is 4.33. The molecule has 0 aromatic heterocycles. The Bertz CT molecular complexity index is 687. The van der Waals surface area contributed by atoms with E-state index in [0.29, 0.717) is 11.5 Å². The van der Waals surface area contributed by atoms with E-state index in [2.05, 4.69) is 21.2 Å². The Balaban J connectivity index is 1.67. The van der Waals surface area contributed by atoms with Crippen molar-refractivity contribution in [2.24, 2.45) is 0 Å². The molecule has 0 bridgehead atoms. The molecule has 0 aliphatic carbocycles. The number of fused-ring (bicyclic) bond motifs is 1. The minimum atomic E-state index is -0.630. The van der Waals surface area contributed by atoms with Gasteiger partial charge in [0.2, 0.25) is 6.10 Å². The van der Waals surface area contributed by atoms with Gasteiger partial charge in [-0.2, -0.15) is 0 Å². The molecule has 5 heteroatoms. The van der Waals surface area contributed by atoms with E-state index in [1.807, 2.05) is 49.4 Å². The van der Waals surface area contributed by atoms with Gasteiger partial charge < -0.3 is 14.8 Å². The number of hydrogen-bond donors (Lipinski definition) is 1. The Hall–Kier alpha value is -2.01. The summed E-state index contributed by atoms with van der Waals surface area (Å²) >= 11 is 3.42. The van der Waals surface area contributed by atoms with Crippen LogP contribution in [0.5, 0.6) is 11.5 Å². The van der Waals surface area contributed by atoms with E-state index in [0.717, 1.165) is 16.5 Å². The maximum absolute atomic E-state index is 12.5. The molecule has 0 saturated carbocycles. The second-order valence-electron chi connectivity index (χ2n) is 5.39. The maximum atomic E-state index is 12.5. The zero-order valence-corrected chi connectivity index (χ0v) is 14.4. The quantitative estimate of drug-likeness (QED) is 0.882. The lowest BCUT2D eigenvalue weighted by atomic mass is 10.0. The van der Waals surface area contributed by atoms with Gasteiger partial charge in [0.1, 0.15) is 6.61 Å². The standard InChI is InChI=1S/C18H18BrNO3/c1-2-14(12-7-9-13(19)10-8-12)20-18(21)17-11-22-15-5-3-4-6-16(15)23-17/h3-10,14,17H,2,11H2,1H3,(H,20,21)/t14-,17+/m0/s1. The molecule has 1 N–H and O–H groups in total. The number of halogens is 1. The average Bonchev–Trinajstić information content (AvgIpc) is 2.60. The van der Waals surface area contributed by atoms with E-state index < -0.39 is 6.10 Å². The predicted molar refractivity (Wildman–Crippen MR) is 91.7 cm³/mol. The monoisotopic (exact) mass is 375 g/mol. The number of para-hydroxylation sites is 2. The van der Waals surface area contributed by atoms with Crippen LogP contribution in [0.15, 0.2) is 53.0 Å². The second kappa shape index (κ2) is 7.04. The van der Waals surface area contributed by atoms with Gasteiger partial charge in [0.25, 0.3) is 5.91 Å². The van der Waals surface area contributed by atoms with Crippen LogP contribution >= 0.6 is 15.9 Å². The number of benzene rings is 2. The second-order valence-corrected chi connectivity index (χ2v) is 6.30. The highest BCUT2D eigenvalue weighted by Crippen LogP contribution is 2.31. The van der Waals surface area contributed by atoms with Gasteiger partial charge in [-0.25, -0.2) is 0 Å². The molecule has 4 nitrogen and oxygen atoms in total. The van der Waals surface area contributed by atoms with Gasteiger partial charge in [-0.05, 0) is 36.2 Å². The largest absolute Gasteiger partial charge is 0.485 e. The molecule has 1 aliphatic rings. The summed E-state index contributed by atoms with van der Waals surface area (Å²) in [5.41, 5.74) is 1.07. The Morgan fingerprint density at radius 1 is 1.22 bits per heavy atom. The van der Waals surface area contributed by atoms with E-state index in [1.54, 1.807) is 6.07 Å². The fourth-order valence-electron chi connectivity index (χ4n) is 2.53. The molecule has 0 fully saturated rings. The summed E-state index contributed by atoms with van der Waals surface area (Å²) in [6, 6.07) is 15.3. The molecule has 3 rings (SSSR count). The minimum Gasteiger partial charge on any atom is -0.485 e. The van der Waals surface area contributed by atoms with Crippen LogP contribution in [0.1, 0.15) is 24.9 Å². The van der Waals surface area contributed by atoms with Crippen molar-refractivity contribution in [1.29, 1.82) is 0 Å². The van der Waals surface area contributed by atoms with E-state index in [4.69, 9.17) is 9.47 Å². The molecule has 0 saturated heterocycles. The van der Waals surface area contributed by atoms with Gasteiger partial charge in [0, 0.05) is 4.47 Å². The molecule has 0 unspecified atom stereocenters. The van der Waals surface area contributed by atoms with Gasteiger partial charge in [-0.1, -0.05) is 47.1 Å². The van der Waals surface area contributed by atoms with Gasteiger partial charge in [0.05, 0.1) is 6.04 Å². The minimum absolute atomic E-state index is 0.0450. The lowest BCUT2D eigenvalue weighted by Crippen LogP contribution is -2.45. The van der Waals surface area contributed by atoms with Gasteiger partial charge in [-0.15, -0.1) is 0 Å². The topological polar surface area (TPSA) is 47.6 Å². The van der Waals surface area contributed by atoms with Crippen LogP contribution in [-0.4, -0.2) is 18.6 Å². The van der Waals surface area contributed by atoms with Crippen molar-refractivity contribution >= 4 is 21.8 Å². The summed E-state index contributed by atoms with van der Waals surface area (Å²) in [7, 11) is 0. The molecular weight excluding hydrogens is 358 g/mol. The average molecular weight is 376 g/mol. The number of rotatable bonds is 4. The van der Waals surface area contributed by atoms with Crippen molar-refractivity contribution in [3.63, 3.8) is 0 Å². The smallest absolute Gasteiger partial charge is 0.265 e. The molecule has 120 valence electrons. The van der Waals surface area contributed by atoms with Crippen LogP contribution in [0.4, 0.5) is 0 Å². The summed E-state index contributed by atoms with van der Waals surface area (Å²) in [6.45, 7) is 2.26. The summed E-state index contributed by atoms with van der Waals surface area (Å²) in [5, 5.41) is 3.04. The first-order valence-electron chi connectivity index (χ1n) is 7.61. The van der Waals surface area contributed by atoms with Crippen LogP contribution in [0.3, 0.4) is 0 Å². The fraction of sp³-hybridized carbons (Fsp3) is 0.278. The van der Waals surface area contributed by atoms with E-state index in [1.165, 1.54) is 0 Å². The van der Waals surface area contributed by atoms with Crippen molar-refractivity contribution in [1.82, 2.24) is 5.32 Å². The highest BCUT2D eigenvalue weighted by Gasteiger charge is 2.28. The van der Waals surface area contributed by atoms with E-state index >= 15 is 0 Å². The zero-order chi connectivity index (χ0) is 16.2. The molecule has 0 spiro atoms. The Morgan fingerprint density at radius 2 is 1.91 bits per heavy atom. The Kier molecular flexibility index (Phi) is 4.86. The molecule has 1 heterocycles. The molecule has 2 atom stereocenters. The van der Waals surface area contributed by atoms with Crippen LogP contribution in [-0.2, 0) is 4.79 Å². The molecule has 2 aromatic rings. The lowest BCUT2D eigenvalue weighted by Gasteiger charge is -2.27. The Labute approximate surface area is 143 Å². The first-order valence-corrected chi connectivity index (χ1v) is 8.41. The van der Waals surface area contributed by atoms with Crippen LogP contribution in [0.25, 0.3) is 0 Å². The van der Waals surface area contributed by atoms with Crippen molar-refractivity contribution in [2.45, 2.75) is 25.5 Å². The molecule has 2 aromatic carbocycles. The van der Waals surface area contributed by atoms with Crippen molar-refractivity contribution in [2.75, 3.05) is 6.61 Å². The fourth-order valence-corrected chi connectivity index (χ4v) is 2.79. The van der Waals surface area contributed by atoms with Crippen molar-refractivity contribution < 1.29 is 14.3 Å². The third-order valence-electron chi connectivity index (χ3n) is 3.80. The molecule has 23 heavy (non-hydrogen) atoms. The number of hydrogen-bond acceptors (Lipinski definition) is 3. The first-order chi connectivity index (χ1) is 11.2. The molecule has 0 radical (unpaired) electrons. The third kappa shape index (κ3) is 3.67. The molecule has 1 aliphatic heterocycles. The summed E-state index contributed by atoms with van der Waals surface area (Å²) in [6.07, 6.45) is 0.173. The van der Waals surface area contributed by atoms with Crippen molar-refractivity contribution in [3.05, 3.63) is 58.6 Å². The van der Waals surface area contributed by atoms with Gasteiger partial charge in [0.15, 0.2) is 11.5 Å². The highest BCUT2D eigenvalue weighted by atomic mass is 79.9. The van der Waals surface area contributed by atoms with Crippen molar-refractivity contribution in [3.8, 4) is 11.5 Å². The highest BCUT2D eigenvalue weighted by molar-refractivity contribution is 9.10. The van der Waals surface area contributed by atoms with Crippen LogP contribution < -0.4 is 14.8 Å².